The van der Waals surface area contributed by atoms with Gasteiger partial charge in [0.15, 0.2) is 0 Å². The van der Waals surface area contributed by atoms with Crippen LogP contribution in [0.3, 0.4) is 0 Å². The second-order valence-electron chi connectivity index (χ2n) is 10.0. The molecule has 3 N–H and O–H groups in total. The fourth-order valence-corrected chi connectivity index (χ4v) is 5.70. The molecule has 1 saturated heterocycles. The Labute approximate surface area is 195 Å². The zero-order valence-corrected chi connectivity index (χ0v) is 19.2. The zero-order chi connectivity index (χ0) is 23.4. The molecule has 2 bridgehead atoms. The molecule has 1 aromatic carbocycles. The molecular weight excluding hydrogens is 421 g/mol. The van der Waals surface area contributed by atoms with Crippen molar-refractivity contribution in [3.05, 3.63) is 41.7 Å². The third-order valence-electron chi connectivity index (χ3n) is 8.31. The summed E-state index contributed by atoms with van der Waals surface area (Å²) < 4.78 is 23.7. The lowest BCUT2D eigenvalue weighted by molar-refractivity contribution is -0.138. The molecule has 1 amide bonds. The molecule has 6 nitrogen and oxygen atoms in total. The molecule has 1 heterocycles. The number of hydrogen-bond acceptors (Lipinski definition) is 5. The van der Waals surface area contributed by atoms with Gasteiger partial charge in [0, 0.05) is 37.3 Å². The average Bonchev–Trinajstić information content (AvgIpc) is 2.90. The van der Waals surface area contributed by atoms with E-state index in [4.69, 9.17) is 15.2 Å². The van der Waals surface area contributed by atoms with Crippen molar-refractivity contribution in [1.29, 1.82) is 5.26 Å². The molecular formula is C26H34FN3O3. The van der Waals surface area contributed by atoms with Gasteiger partial charge in [-0.05, 0) is 74.5 Å². The number of ether oxygens (including phenoxy) is 2. The van der Waals surface area contributed by atoms with E-state index < -0.39 is 5.41 Å². The monoisotopic (exact) mass is 455 g/mol. The Bertz CT molecular complexity index is 891. The van der Waals surface area contributed by atoms with Crippen LogP contribution < -0.4 is 15.8 Å². The molecule has 4 fully saturated rings. The van der Waals surface area contributed by atoms with Crippen molar-refractivity contribution >= 4 is 5.91 Å². The molecule has 0 radical (unpaired) electrons. The fraction of sp³-hybridized carbons (Fsp3) is 0.615. The average molecular weight is 456 g/mol. The summed E-state index contributed by atoms with van der Waals surface area (Å²) in [7, 11) is 0. The van der Waals surface area contributed by atoms with Gasteiger partial charge in [-0.3, -0.25) is 4.79 Å². The van der Waals surface area contributed by atoms with E-state index in [-0.39, 0.29) is 29.9 Å². The van der Waals surface area contributed by atoms with Crippen LogP contribution in [0.15, 0.2) is 36.2 Å². The summed E-state index contributed by atoms with van der Waals surface area (Å²) in [5.41, 5.74) is 6.49. The Kier molecular flexibility index (Phi) is 7.06. The van der Waals surface area contributed by atoms with Crippen molar-refractivity contribution in [2.24, 2.45) is 16.6 Å². The van der Waals surface area contributed by atoms with Gasteiger partial charge < -0.3 is 20.5 Å². The number of rotatable bonds is 8. The smallest absolute Gasteiger partial charge is 0.226 e. The first-order chi connectivity index (χ1) is 16.0. The predicted octanol–water partition coefficient (Wildman–Crippen LogP) is 3.91. The molecule has 3 aliphatic carbocycles. The Balaban J connectivity index is 1.34. The number of carbonyl (C=O) groups excluding carboxylic acids is 1. The van der Waals surface area contributed by atoms with Crippen molar-refractivity contribution < 1.29 is 18.7 Å². The normalized spacial score (nSPS) is 28.7. The van der Waals surface area contributed by atoms with E-state index in [9.17, 15) is 14.4 Å². The predicted molar refractivity (Wildman–Crippen MR) is 123 cm³/mol. The molecule has 1 aromatic rings. The summed E-state index contributed by atoms with van der Waals surface area (Å²) in [5.74, 6) is 0.820. The van der Waals surface area contributed by atoms with Gasteiger partial charge in [0.2, 0.25) is 5.91 Å². The molecule has 178 valence electrons. The number of nitrogens with zero attached hydrogens (tertiary/aromatic N) is 1. The maximum atomic E-state index is 13.2. The second kappa shape index (κ2) is 9.82. The van der Waals surface area contributed by atoms with Crippen LogP contribution in [-0.2, 0) is 14.9 Å². The number of benzene rings is 1. The van der Waals surface area contributed by atoms with E-state index in [1.807, 2.05) is 12.1 Å². The summed E-state index contributed by atoms with van der Waals surface area (Å²) in [6, 6.07) is 10.5. The minimum Gasteiger partial charge on any atom is -0.489 e. The highest BCUT2D eigenvalue weighted by molar-refractivity contribution is 5.83. The van der Waals surface area contributed by atoms with Crippen LogP contribution in [0.2, 0.25) is 0 Å². The maximum Gasteiger partial charge on any atom is 0.226 e. The molecule has 4 aliphatic rings. The summed E-state index contributed by atoms with van der Waals surface area (Å²) in [4.78, 5) is 13.2. The number of hydrogen-bond donors (Lipinski definition) is 2. The van der Waals surface area contributed by atoms with Crippen LogP contribution in [0, 0.1) is 22.2 Å². The van der Waals surface area contributed by atoms with Gasteiger partial charge in [0.25, 0.3) is 0 Å². The number of carbonyl (C=O) groups is 1. The van der Waals surface area contributed by atoms with Gasteiger partial charge in [0.05, 0.1) is 17.8 Å². The first-order valence-electron chi connectivity index (χ1n) is 12.0. The second-order valence-corrected chi connectivity index (χ2v) is 10.0. The van der Waals surface area contributed by atoms with Crippen molar-refractivity contribution in [2.75, 3.05) is 32.9 Å². The Morgan fingerprint density at radius 2 is 1.76 bits per heavy atom. The zero-order valence-electron chi connectivity index (χ0n) is 19.2. The number of nitrogens with one attached hydrogen (secondary N) is 1. The van der Waals surface area contributed by atoms with Crippen LogP contribution in [0.25, 0.3) is 0 Å². The van der Waals surface area contributed by atoms with Gasteiger partial charge >= 0.3 is 0 Å². The minimum absolute atomic E-state index is 0.108. The first kappa shape index (κ1) is 23.7. The van der Waals surface area contributed by atoms with Gasteiger partial charge in [-0.1, -0.05) is 12.1 Å². The number of nitrogens with two attached hydrogens (primary N) is 1. The highest BCUT2D eigenvalue weighted by Crippen LogP contribution is 2.58. The van der Waals surface area contributed by atoms with E-state index in [1.165, 1.54) is 5.56 Å². The number of halogens is 1. The van der Waals surface area contributed by atoms with E-state index >= 15 is 0 Å². The number of fused-ring (bicyclic) bond motifs is 3. The van der Waals surface area contributed by atoms with Crippen LogP contribution in [0.1, 0.15) is 56.9 Å². The third kappa shape index (κ3) is 4.78. The summed E-state index contributed by atoms with van der Waals surface area (Å²) >= 11 is 0. The summed E-state index contributed by atoms with van der Waals surface area (Å²) in [6.45, 7) is 1.88. The third-order valence-corrected chi connectivity index (χ3v) is 8.31. The maximum absolute atomic E-state index is 13.2. The van der Waals surface area contributed by atoms with E-state index in [0.717, 1.165) is 38.5 Å². The van der Waals surface area contributed by atoms with Gasteiger partial charge in [-0.25, -0.2) is 4.39 Å². The van der Waals surface area contributed by atoms with Crippen molar-refractivity contribution in [1.82, 2.24) is 5.32 Å². The lowest BCUT2D eigenvalue weighted by Gasteiger charge is -2.53. The summed E-state index contributed by atoms with van der Waals surface area (Å²) in [6.07, 6.45) is 7.44. The van der Waals surface area contributed by atoms with E-state index in [2.05, 4.69) is 23.5 Å². The molecule has 0 spiro atoms. The largest absolute Gasteiger partial charge is 0.489 e. The van der Waals surface area contributed by atoms with Crippen molar-refractivity contribution in [3.63, 3.8) is 0 Å². The summed E-state index contributed by atoms with van der Waals surface area (Å²) in [5, 5.41) is 12.8. The molecule has 0 unspecified atom stereocenters. The molecule has 1 aliphatic heterocycles. The molecule has 3 saturated carbocycles. The van der Waals surface area contributed by atoms with Crippen LogP contribution >= 0.6 is 0 Å². The van der Waals surface area contributed by atoms with Crippen LogP contribution in [-0.4, -0.2) is 38.8 Å². The molecule has 7 heteroatoms. The number of amides is 1. The molecule has 5 rings (SSSR count). The Morgan fingerprint density at radius 3 is 2.30 bits per heavy atom. The highest BCUT2D eigenvalue weighted by Gasteiger charge is 2.53. The van der Waals surface area contributed by atoms with Crippen LogP contribution in [0.4, 0.5) is 4.39 Å². The molecule has 33 heavy (non-hydrogen) atoms. The first-order valence-corrected chi connectivity index (χ1v) is 12.0. The minimum atomic E-state index is -0.494. The van der Waals surface area contributed by atoms with Crippen molar-refractivity contribution in [2.45, 2.75) is 56.8 Å². The Morgan fingerprint density at radius 1 is 1.12 bits per heavy atom. The fourth-order valence-electron chi connectivity index (χ4n) is 5.70. The highest BCUT2D eigenvalue weighted by atomic mass is 19.1. The Hall–Kier alpha value is -2.43. The quantitative estimate of drug-likeness (QED) is 0.620. The van der Waals surface area contributed by atoms with Gasteiger partial charge in [0.1, 0.15) is 12.4 Å². The van der Waals surface area contributed by atoms with E-state index in [0.29, 0.717) is 50.3 Å². The topological polar surface area (TPSA) is 97.4 Å². The molecule has 0 atom stereocenters. The standard InChI is InChI=1S/C26H34FN3O3/c27-15-20(16-28)17-33-22-3-1-21(2-4-22)25-5-8-26(9-6-25,10-7-25)23(31)30-19-24(18-29)11-13-32-14-12-24/h1-4,15H,5-14,16-17,19,28H2,(H,30,31)/b20-15+. The van der Waals surface area contributed by atoms with Crippen LogP contribution in [0.5, 0.6) is 5.75 Å². The van der Waals surface area contributed by atoms with Crippen molar-refractivity contribution in [3.8, 4) is 11.8 Å². The van der Waals surface area contributed by atoms with E-state index in [1.54, 1.807) is 0 Å². The molecule has 0 aromatic heterocycles. The number of nitriles is 1. The SMILES string of the molecule is N#CC1(CNC(=O)C23CCC(c4ccc(OC/C(=C/F)CN)cc4)(CC2)CC3)CCOCC1. The van der Waals surface area contributed by atoms with Gasteiger partial charge in [-0.15, -0.1) is 0 Å². The lowest BCUT2D eigenvalue weighted by atomic mass is 9.51. The lowest BCUT2D eigenvalue weighted by Crippen LogP contribution is -2.53. The van der Waals surface area contributed by atoms with Gasteiger partial charge in [-0.2, -0.15) is 5.26 Å².